The first kappa shape index (κ1) is 14.1. The maximum Gasteiger partial charge on any atom is 0.261 e. The average Bonchev–Trinajstić information content (AvgIpc) is 2.39. The normalized spacial score (nSPS) is 11.3. The first-order chi connectivity index (χ1) is 9.01. The Bertz CT molecular complexity index is 666. The monoisotopic (exact) mass is 339 g/mol. The molecular weight excluding hydrogens is 326 g/mol. The highest BCUT2D eigenvalue weighted by Gasteiger charge is 2.13. The molecule has 2 rings (SSSR count). The average molecular weight is 340 g/mol. The molecule has 0 aromatic heterocycles. The molecular formula is C14H14BrNO2S. The molecule has 2 aromatic carbocycles. The van der Waals surface area contributed by atoms with E-state index in [1.165, 1.54) is 0 Å². The van der Waals surface area contributed by atoms with Crippen LogP contribution in [0.4, 0.5) is 5.69 Å². The van der Waals surface area contributed by atoms with Crippen LogP contribution in [0.25, 0.3) is 0 Å². The number of hydrogen-bond acceptors (Lipinski definition) is 2. The largest absolute Gasteiger partial charge is 0.280 e. The summed E-state index contributed by atoms with van der Waals surface area (Å²) >= 11 is 3.35. The van der Waals surface area contributed by atoms with E-state index in [0.717, 1.165) is 16.5 Å². The van der Waals surface area contributed by atoms with Crippen LogP contribution in [0.15, 0.2) is 53.4 Å². The molecule has 0 aliphatic rings. The van der Waals surface area contributed by atoms with Gasteiger partial charge in [0.15, 0.2) is 0 Å². The number of nitrogens with one attached hydrogen (secondary N) is 1. The van der Waals surface area contributed by atoms with Gasteiger partial charge in [-0.25, -0.2) is 8.42 Å². The van der Waals surface area contributed by atoms with Crippen molar-refractivity contribution in [1.82, 2.24) is 0 Å². The summed E-state index contributed by atoms with van der Waals surface area (Å²) in [7, 11) is -3.52. The maximum atomic E-state index is 12.2. The van der Waals surface area contributed by atoms with Crippen LogP contribution < -0.4 is 4.72 Å². The van der Waals surface area contributed by atoms with Crippen LogP contribution in [0, 0.1) is 6.92 Å². The van der Waals surface area contributed by atoms with E-state index >= 15 is 0 Å². The minimum atomic E-state index is -3.52. The molecule has 0 unspecified atom stereocenters. The summed E-state index contributed by atoms with van der Waals surface area (Å²) in [5, 5.41) is 0.748. The highest BCUT2D eigenvalue weighted by Crippen LogP contribution is 2.18. The predicted molar refractivity (Wildman–Crippen MR) is 81.1 cm³/mol. The lowest BCUT2D eigenvalue weighted by Gasteiger charge is -2.09. The van der Waals surface area contributed by atoms with Crippen molar-refractivity contribution in [2.75, 3.05) is 4.72 Å². The van der Waals surface area contributed by atoms with Crippen LogP contribution in [0.2, 0.25) is 0 Å². The fourth-order valence-corrected chi connectivity index (χ4v) is 3.20. The third-order valence-corrected chi connectivity index (χ3v) is 4.69. The number of sulfonamides is 1. The third kappa shape index (κ3) is 3.58. The quantitative estimate of drug-likeness (QED) is 0.863. The highest BCUT2D eigenvalue weighted by molar-refractivity contribution is 9.08. The van der Waals surface area contributed by atoms with Crippen molar-refractivity contribution in [1.29, 1.82) is 0 Å². The molecule has 0 atom stereocenters. The number of halogens is 1. The molecule has 0 spiro atoms. The van der Waals surface area contributed by atoms with Crippen molar-refractivity contribution in [2.45, 2.75) is 17.1 Å². The van der Waals surface area contributed by atoms with E-state index in [2.05, 4.69) is 20.7 Å². The van der Waals surface area contributed by atoms with E-state index in [1.807, 2.05) is 25.1 Å². The zero-order valence-corrected chi connectivity index (χ0v) is 12.8. The minimum Gasteiger partial charge on any atom is -0.280 e. The van der Waals surface area contributed by atoms with Gasteiger partial charge >= 0.3 is 0 Å². The third-order valence-electron chi connectivity index (χ3n) is 2.66. The summed E-state index contributed by atoms with van der Waals surface area (Å²) in [6.07, 6.45) is 0. The highest BCUT2D eigenvalue weighted by atomic mass is 79.9. The van der Waals surface area contributed by atoms with E-state index < -0.39 is 10.0 Å². The number of hydrogen-bond donors (Lipinski definition) is 1. The Labute approximate surface area is 121 Å². The molecule has 1 N–H and O–H groups in total. The van der Waals surface area contributed by atoms with Gasteiger partial charge in [0.25, 0.3) is 10.0 Å². The van der Waals surface area contributed by atoms with Crippen molar-refractivity contribution in [3.05, 3.63) is 59.7 Å². The first-order valence-electron chi connectivity index (χ1n) is 5.76. The molecule has 2 aromatic rings. The summed E-state index contributed by atoms with van der Waals surface area (Å²) < 4.78 is 26.9. The van der Waals surface area contributed by atoms with Gasteiger partial charge in [-0.3, -0.25) is 4.72 Å². The van der Waals surface area contributed by atoms with E-state index in [4.69, 9.17) is 0 Å². The Morgan fingerprint density at radius 2 is 1.79 bits per heavy atom. The summed E-state index contributed by atoms with van der Waals surface area (Å²) in [4.78, 5) is 0.275. The Hall–Kier alpha value is -1.33. The summed E-state index contributed by atoms with van der Waals surface area (Å²) in [6, 6.07) is 14.1. The van der Waals surface area contributed by atoms with E-state index in [-0.39, 0.29) is 4.90 Å². The van der Waals surface area contributed by atoms with Crippen molar-refractivity contribution < 1.29 is 8.42 Å². The molecule has 0 aliphatic carbocycles. The molecule has 0 fully saturated rings. The van der Waals surface area contributed by atoms with E-state index in [0.29, 0.717) is 5.69 Å². The smallest absolute Gasteiger partial charge is 0.261 e. The van der Waals surface area contributed by atoms with Crippen LogP contribution in [0.1, 0.15) is 11.1 Å². The van der Waals surface area contributed by atoms with Gasteiger partial charge in [0.05, 0.1) is 4.90 Å². The Morgan fingerprint density at radius 1 is 1.11 bits per heavy atom. The van der Waals surface area contributed by atoms with Crippen molar-refractivity contribution in [2.24, 2.45) is 0 Å². The van der Waals surface area contributed by atoms with Gasteiger partial charge in [0, 0.05) is 11.0 Å². The van der Waals surface area contributed by atoms with Gasteiger partial charge in [-0.1, -0.05) is 40.2 Å². The lowest BCUT2D eigenvalue weighted by Crippen LogP contribution is -2.12. The molecule has 0 saturated carbocycles. The number of benzene rings is 2. The lowest BCUT2D eigenvalue weighted by molar-refractivity contribution is 0.601. The van der Waals surface area contributed by atoms with Gasteiger partial charge in [-0.05, 0) is 42.3 Å². The fourth-order valence-electron chi connectivity index (χ4n) is 1.66. The van der Waals surface area contributed by atoms with Crippen LogP contribution in [-0.2, 0) is 15.4 Å². The van der Waals surface area contributed by atoms with E-state index in [9.17, 15) is 8.42 Å². The topological polar surface area (TPSA) is 46.2 Å². The zero-order valence-electron chi connectivity index (χ0n) is 10.4. The standard InChI is InChI=1S/C14H14BrNO2S/c1-11-3-2-4-14(9-11)19(17,18)16-13-7-5-12(10-15)6-8-13/h2-9,16H,10H2,1H3. The summed E-state index contributed by atoms with van der Waals surface area (Å²) in [5.74, 6) is 0. The molecule has 5 heteroatoms. The minimum absolute atomic E-state index is 0.275. The number of rotatable bonds is 4. The first-order valence-corrected chi connectivity index (χ1v) is 8.36. The van der Waals surface area contributed by atoms with Crippen molar-refractivity contribution in [3.63, 3.8) is 0 Å². The van der Waals surface area contributed by atoms with Crippen LogP contribution in [0.3, 0.4) is 0 Å². The second kappa shape index (κ2) is 5.75. The van der Waals surface area contributed by atoms with Gasteiger partial charge in [-0.15, -0.1) is 0 Å². The predicted octanol–water partition coefficient (Wildman–Crippen LogP) is 3.69. The van der Waals surface area contributed by atoms with Crippen LogP contribution >= 0.6 is 15.9 Å². The van der Waals surface area contributed by atoms with Gasteiger partial charge in [0.2, 0.25) is 0 Å². The SMILES string of the molecule is Cc1cccc(S(=O)(=O)Nc2ccc(CBr)cc2)c1. The van der Waals surface area contributed by atoms with Crippen molar-refractivity contribution in [3.8, 4) is 0 Å². The molecule has 0 bridgehead atoms. The van der Waals surface area contributed by atoms with Gasteiger partial charge in [0.1, 0.15) is 0 Å². The molecule has 19 heavy (non-hydrogen) atoms. The zero-order chi connectivity index (χ0) is 13.9. The summed E-state index contributed by atoms with van der Waals surface area (Å²) in [5.41, 5.74) is 2.57. The molecule has 0 saturated heterocycles. The second-order valence-electron chi connectivity index (χ2n) is 4.25. The Kier molecular flexibility index (Phi) is 4.27. The van der Waals surface area contributed by atoms with Crippen molar-refractivity contribution >= 4 is 31.6 Å². The number of anilines is 1. The van der Waals surface area contributed by atoms with Gasteiger partial charge in [-0.2, -0.15) is 0 Å². The number of alkyl halides is 1. The molecule has 0 heterocycles. The second-order valence-corrected chi connectivity index (χ2v) is 6.50. The maximum absolute atomic E-state index is 12.2. The molecule has 0 amide bonds. The number of aryl methyl sites for hydroxylation is 1. The fraction of sp³-hybridized carbons (Fsp3) is 0.143. The van der Waals surface area contributed by atoms with Crippen LogP contribution in [-0.4, -0.2) is 8.42 Å². The summed E-state index contributed by atoms with van der Waals surface area (Å²) in [6.45, 7) is 1.86. The van der Waals surface area contributed by atoms with E-state index in [1.54, 1.807) is 30.3 Å². The van der Waals surface area contributed by atoms with Crippen LogP contribution in [0.5, 0.6) is 0 Å². The molecule has 0 aliphatic heterocycles. The molecule has 0 radical (unpaired) electrons. The Balaban J connectivity index is 2.25. The molecule has 100 valence electrons. The van der Waals surface area contributed by atoms with Gasteiger partial charge < -0.3 is 0 Å². The lowest BCUT2D eigenvalue weighted by atomic mass is 10.2. The Morgan fingerprint density at radius 3 is 2.37 bits per heavy atom. The molecule has 3 nitrogen and oxygen atoms in total.